The Morgan fingerprint density at radius 3 is 2.70 bits per heavy atom. The van der Waals surface area contributed by atoms with Gasteiger partial charge in [-0.05, 0) is 43.4 Å². The molecular weight excluding hydrogens is 402 g/mol. The summed E-state index contributed by atoms with van der Waals surface area (Å²) in [5, 5.41) is 1.36. The minimum atomic E-state index is -0.456. The number of benzene rings is 2. The summed E-state index contributed by atoms with van der Waals surface area (Å²) in [4.78, 5) is 22.1. The first-order chi connectivity index (χ1) is 14.5. The third-order valence-corrected chi connectivity index (χ3v) is 5.68. The number of fused-ring (bicyclic) bond motifs is 1. The third-order valence-electron chi connectivity index (χ3n) is 5.36. The number of carbonyl (C=O) groups is 1. The Morgan fingerprint density at radius 2 is 1.93 bits per heavy atom. The molecule has 2 aromatic carbocycles. The zero-order valence-corrected chi connectivity index (χ0v) is 17.9. The maximum absolute atomic E-state index is 12.9. The molecule has 6 nitrogen and oxygen atoms in total. The highest BCUT2D eigenvalue weighted by molar-refractivity contribution is 6.35. The molecule has 30 heavy (non-hydrogen) atoms. The smallest absolute Gasteiger partial charge is 0.343 e. The predicted octanol–water partition coefficient (Wildman–Crippen LogP) is 3.86. The largest absolute Gasteiger partial charge is 0.497 e. The molecule has 0 spiro atoms. The van der Waals surface area contributed by atoms with Gasteiger partial charge in [-0.15, -0.1) is 0 Å². The van der Waals surface area contributed by atoms with Gasteiger partial charge >= 0.3 is 5.97 Å². The van der Waals surface area contributed by atoms with Gasteiger partial charge in [0.25, 0.3) is 0 Å². The molecule has 4 rings (SSSR count). The van der Waals surface area contributed by atoms with E-state index >= 15 is 0 Å². The van der Waals surface area contributed by atoms with Crippen LogP contribution in [0.4, 0.5) is 0 Å². The Bertz CT molecular complexity index is 1060. The lowest BCUT2D eigenvalue weighted by Crippen LogP contribution is -2.43. The molecule has 0 unspecified atom stereocenters. The second-order valence-electron chi connectivity index (χ2n) is 7.45. The Balaban J connectivity index is 1.70. The number of halogens is 1. The van der Waals surface area contributed by atoms with Crippen molar-refractivity contribution < 1.29 is 14.3 Å². The van der Waals surface area contributed by atoms with Gasteiger partial charge in [0.1, 0.15) is 11.3 Å². The van der Waals surface area contributed by atoms with E-state index in [1.54, 1.807) is 37.6 Å². The quantitative estimate of drug-likeness (QED) is 0.457. The van der Waals surface area contributed by atoms with Gasteiger partial charge in [-0.2, -0.15) is 0 Å². The second kappa shape index (κ2) is 9.00. The van der Waals surface area contributed by atoms with Crippen molar-refractivity contribution in [3.63, 3.8) is 0 Å². The summed E-state index contributed by atoms with van der Waals surface area (Å²) >= 11 is 6.54. The number of hydrogen-bond acceptors (Lipinski definition) is 6. The number of carbonyl (C=O) groups excluding carboxylic acids is 1. The summed E-state index contributed by atoms with van der Waals surface area (Å²) in [5.41, 5.74) is 1.86. The molecule has 0 aliphatic carbocycles. The fourth-order valence-electron chi connectivity index (χ4n) is 3.61. The molecule has 156 valence electrons. The minimum absolute atomic E-state index is 0.416. The fourth-order valence-corrected chi connectivity index (χ4v) is 3.89. The van der Waals surface area contributed by atoms with Crippen LogP contribution in [0.1, 0.15) is 15.9 Å². The van der Waals surface area contributed by atoms with Gasteiger partial charge in [-0.25, -0.2) is 4.79 Å². The Hall–Kier alpha value is -2.67. The second-order valence-corrected chi connectivity index (χ2v) is 7.85. The Morgan fingerprint density at radius 1 is 1.13 bits per heavy atom. The number of piperazine rings is 1. The number of likely N-dealkylation sites (N-methyl/N-ethyl adjacent to an activating group) is 1. The Kier molecular flexibility index (Phi) is 6.18. The summed E-state index contributed by atoms with van der Waals surface area (Å²) in [6, 6.07) is 12.5. The minimum Gasteiger partial charge on any atom is -0.497 e. The van der Waals surface area contributed by atoms with Gasteiger partial charge in [-0.1, -0.05) is 17.7 Å². The van der Waals surface area contributed by atoms with Crippen molar-refractivity contribution >= 4 is 28.5 Å². The average molecular weight is 426 g/mol. The highest BCUT2D eigenvalue weighted by atomic mass is 35.5. The van der Waals surface area contributed by atoms with Crippen LogP contribution in [-0.4, -0.2) is 61.1 Å². The van der Waals surface area contributed by atoms with Crippen LogP contribution in [0.2, 0.25) is 5.02 Å². The molecule has 0 radical (unpaired) electrons. The molecule has 1 aliphatic heterocycles. The number of hydrogen-bond donors (Lipinski definition) is 0. The maximum Gasteiger partial charge on any atom is 0.343 e. The zero-order valence-electron chi connectivity index (χ0n) is 17.1. The van der Waals surface area contributed by atoms with E-state index in [-0.39, 0.29) is 0 Å². The van der Waals surface area contributed by atoms with Gasteiger partial charge < -0.3 is 14.4 Å². The van der Waals surface area contributed by atoms with Crippen molar-refractivity contribution in [3.8, 4) is 11.5 Å². The van der Waals surface area contributed by atoms with Gasteiger partial charge in [0, 0.05) is 49.9 Å². The summed E-state index contributed by atoms with van der Waals surface area (Å²) in [5.74, 6) is 0.603. The number of methoxy groups -OCH3 is 1. The first-order valence-electron chi connectivity index (χ1n) is 9.88. The van der Waals surface area contributed by atoms with E-state index in [1.807, 2.05) is 18.2 Å². The molecule has 1 fully saturated rings. The molecule has 0 N–H and O–H groups in total. The summed E-state index contributed by atoms with van der Waals surface area (Å²) in [7, 11) is 3.69. The number of nitrogens with zero attached hydrogens (tertiary/aromatic N) is 3. The molecule has 1 aliphatic rings. The standard InChI is InChI=1S/C23H24ClN3O3/c1-26-9-11-27(12-10-26)15-17-14-20(24)19-7-4-8-25-21(19)22(17)30-23(28)16-5-3-6-18(13-16)29-2/h3-8,13-14H,9-12,15H2,1-2H3. The highest BCUT2D eigenvalue weighted by Gasteiger charge is 2.21. The van der Waals surface area contributed by atoms with Crippen molar-refractivity contribution in [1.82, 2.24) is 14.8 Å². The van der Waals surface area contributed by atoms with Gasteiger partial charge in [0.2, 0.25) is 0 Å². The molecular formula is C23H24ClN3O3. The van der Waals surface area contributed by atoms with Crippen LogP contribution >= 0.6 is 11.6 Å². The van der Waals surface area contributed by atoms with Gasteiger partial charge in [0.15, 0.2) is 5.75 Å². The summed E-state index contributed by atoms with van der Waals surface area (Å²) in [6.45, 7) is 4.52. The number of aromatic nitrogens is 1. The normalized spacial score (nSPS) is 15.3. The highest BCUT2D eigenvalue weighted by Crippen LogP contribution is 2.35. The lowest BCUT2D eigenvalue weighted by molar-refractivity contribution is 0.0732. The van der Waals surface area contributed by atoms with Crippen LogP contribution in [0.15, 0.2) is 48.7 Å². The van der Waals surface area contributed by atoms with Crippen molar-refractivity contribution in [2.24, 2.45) is 0 Å². The SMILES string of the molecule is COc1cccc(C(=O)Oc2c(CN3CCN(C)CC3)cc(Cl)c3cccnc23)c1. The van der Waals surface area contributed by atoms with E-state index < -0.39 is 5.97 Å². The van der Waals surface area contributed by atoms with Gasteiger partial charge in [0.05, 0.1) is 17.7 Å². The lowest BCUT2D eigenvalue weighted by atomic mass is 10.1. The van der Waals surface area contributed by atoms with Crippen LogP contribution in [0, 0.1) is 0 Å². The van der Waals surface area contributed by atoms with E-state index in [0.717, 1.165) is 37.1 Å². The average Bonchev–Trinajstić information content (AvgIpc) is 2.78. The zero-order chi connectivity index (χ0) is 21.1. The van der Waals surface area contributed by atoms with E-state index in [0.29, 0.717) is 34.1 Å². The molecule has 7 heteroatoms. The Labute approximate surface area is 181 Å². The fraction of sp³-hybridized carbons (Fsp3) is 0.304. The molecule has 0 bridgehead atoms. The molecule has 0 atom stereocenters. The summed E-state index contributed by atoms with van der Waals surface area (Å²) in [6.07, 6.45) is 1.68. The maximum atomic E-state index is 12.9. The molecule has 1 saturated heterocycles. The van der Waals surface area contributed by atoms with Crippen LogP contribution in [0.3, 0.4) is 0 Å². The van der Waals surface area contributed by atoms with E-state index in [9.17, 15) is 4.79 Å². The lowest BCUT2D eigenvalue weighted by Gasteiger charge is -2.32. The topological polar surface area (TPSA) is 54.9 Å². The van der Waals surface area contributed by atoms with Crippen molar-refractivity contribution in [3.05, 3.63) is 64.8 Å². The molecule has 0 saturated carbocycles. The number of esters is 1. The first kappa shape index (κ1) is 20.6. The van der Waals surface area contributed by atoms with Crippen molar-refractivity contribution in [2.75, 3.05) is 40.3 Å². The van der Waals surface area contributed by atoms with E-state index in [1.165, 1.54) is 0 Å². The van der Waals surface area contributed by atoms with Crippen LogP contribution in [0.25, 0.3) is 10.9 Å². The number of ether oxygens (including phenoxy) is 2. The summed E-state index contributed by atoms with van der Waals surface area (Å²) < 4.78 is 11.1. The van der Waals surface area contributed by atoms with Crippen LogP contribution < -0.4 is 9.47 Å². The molecule has 0 amide bonds. The van der Waals surface area contributed by atoms with Crippen molar-refractivity contribution in [2.45, 2.75) is 6.54 Å². The molecule has 1 aromatic heterocycles. The van der Waals surface area contributed by atoms with Gasteiger partial charge in [-0.3, -0.25) is 9.88 Å². The van der Waals surface area contributed by atoms with Crippen molar-refractivity contribution in [1.29, 1.82) is 0 Å². The molecule has 2 heterocycles. The van der Waals surface area contributed by atoms with E-state index in [2.05, 4.69) is 21.8 Å². The first-order valence-corrected chi connectivity index (χ1v) is 10.3. The number of pyridine rings is 1. The van der Waals surface area contributed by atoms with Crippen LogP contribution in [-0.2, 0) is 6.54 Å². The number of rotatable bonds is 5. The third kappa shape index (κ3) is 4.41. The van der Waals surface area contributed by atoms with E-state index in [4.69, 9.17) is 21.1 Å². The van der Waals surface area contributed by atoms with Crippen LogP contribution in [0.5, 0.6) is 11.5 Å². The predicted molar refractivity (Wildman–Crippen MR) is 117 cm³/mol. The molecule has 3 aromatic rings. The monoisotopic (exact) mass is 425 g/mol.